The molecule has 0 aliphatic heterocycles. The largest absolute Gasteiger partial charge is 0.487 e. The molecule has 28 heavy (non-hydrogen) atoms. The Balaban J connectivity index is 2.50. The van der Waals surface area contributed by atoms with Crippen LogP contribution in [-0.2, 0) is 20.3 Å². The molecular weight excluding hydrogens is 382 g/mol. The maximum Gasteiger partial charge on any atom is 0.310 e. The highest BCUT2D eigenvalue weighted by Gasteiger charge is 2.22. The Morgan fingerprint density at radius 2 is 1.82 bits per heavy atom. The summed E-state index contributed by atoms with van der Waals surface area (Å²) in [5, 5.41) is 9.42. The third-order valence-corrected chi connectivity index (χ3v) is 5.17. The summed E-state index contributed by atoms with van der Waals surface area (Å²) in [5.74, 6) is 0.164. The van der Waals surface area contributed by atoms with Crippen LogP contribution in [0.1, 0.15) is 34.1 Å². The summed E-state index contributed by atoms with van der Waals surface area (Å²) in [6.07, 6.45) is 2.15. The second-order valence-electron chi connectivity index (χ2n) is 7.53. The van der Waals surface area contributed by atoms with E-state index in [0.717, 1.165) is 0 Å². The van der Waals surface area contributed by atoms with E-state index in [1.807, 2.05) is 27.7 Å². The Labute approximate surface area is 165 Å². The fourth-order valence-corrected chi connectivity index (χ4v) is 3.05. The third-order valence-electron chi connectivity index (χ3n) is 4.24. The van der Waals surface area contributed by atoms with Gasteiger partial charge < -0.3 is 9.47 Å². The van der Waals surface area contributed by atoms with E-state index in [2.05, 4.69) is 5.10 Å². The molecule has 2 aromatic rings. The molecule has 0 amide bonds. The molecule has 0 aliphatic carbocycles. The van der Waals surface area contributed by atoms with Crippen LogP contribution in [0.25, 0.3) is 11.1 Å². The van der Waals surface area contributed by atoms with Crippen molar-refractivity contribution in [2.45, 2.75) is 50.7 Å². The van der Waals surface area contributed by atoms with Crippen LogP contribution >= 0.6 is 0 Å². The molecule has 0 saturated heterocycles. The number of benzene rings is 1. The fraction of sp³-hybridized carbons (Fsp3) is 0.474. The molecule has 0 spiro atoms. The maximum absolute atomic E-state index is 13.0. The number of aromatic nitrogens is 2. The summed E-state index contributed by atoms with van der Waals surface area (Å²) in [6.45, 7) is 7.83. The van der Waals surface area contributed by atoms with Crippen molar-refractivity contribution in [3.8, 4) is 16.9 Å². The van der Waals surface area contributed by atoms with Crippen LogP contribution in [0, 0.1) is 0 Å². The van der Waals surface area contributed by atoms with Gasteiger partial charge in [0, 0.05) is 19.1 Å². The lowest BCUT2D eigenvalue weighted by Gasteiger charge is -2.22. The molecule has 1 unspecified atom stereocenters. The quantitative estimate of drug-likeness (QED) is 0.749. The van der Waals surface area contributed by atoms with Crippen molar-refractivity contribution < 1.29 is 17.9 Å². The molecule has 9 heteroatoms. The standard InChI is InChI=1S/C19H27N3O5S/c1-13(26-5)10-11-27-17-16(12-21-22(18(17)23)19(2,3)4)14-6-8-15(9-7-14)28(20,24)25/h6-9,12-13H,10-11H2,1-5H3,(H2,20,24,25). The van der Waals surface area contributed by atoms with Gasteiger partial charge in [0.2, 0.25) is 10.0 Å². The molecule has 0 fully saturated rings. The molecule has 2 rings (SSSR count). The molecule has 154 valence electrons. The molecule has 1 atom stereocenters. The number of ether oxygens (including phenoxy) is 2. The summed E-state index contributed by atoms with van der Waals surface area (Å²) in [5.41, 5.74) is 0.209. The number of primary sulfonamides is 1. The van der Waals surface area contributed by atoms with E-state index < -0.39 is 15.6 Å². The Morgan fingerprint density at radius 1 is 1.21 bits per heavy atom. The van der Waals surface area contributed by atoms with Crippen molar-refractivity contribution in [2.24, 2.45) is 5.14 Å². The normalized spacial score (nSPS) is 13.4. The zero-order valence-corrected chi connectivity index (χ0v) is 17.6. The zero-order chi connectivity index (χ0) is 21.1. The lowest BCUT2D eigenvalue weighted by Crippen LogP contribution is -2.36. The highest BCUT2D eigenvalue weighted by atomic mass is 32.2. The average Bonchev–Trinajstić information content (AvgIpc) is 2.61. The SMILES string of the molecule is COC(C)CCOc1c(-c2ccc(S(N)(=O)=O)cc2)cnn(C(C)(C)C)c1=O. The minimum absolute atomic E-state index is 0.0100. The molecule has 2 N–H and O–H groups in total. The van der Waals surface area contributed by atoms with Crippen LogP contribution in [0.2, 0.25) is 0 Å². The van der Waals surface area contributed by atoms with Gasteiger partial charge in [-0.3, -0.25) is 4.79 Å². The zero-order valence-electron chi connectivity index (χ0n) is 16.8. The number of hydrogen-bond acceptors (Lipinski definition) is 6. The maximum atomic E-state index is 13.0. The van der Waals surface area contributed by atoms with Crippen molar-refractivity contribution in [1.29, 1.82) is 0 Å². The van der Waals surface area contributed by atoms with E-state index in [-0.39, 0.29) is 22.3 Å². The van der Waals surface area contributed by atoms with E-state index in [1.54, 1.807) is 25.4 Å². The summed E-state index contributed by atoms with van der Waals surface area (Å²) < 4.78 is 35.3. The van der Waals surface area contributed by atoms with Crippen molar-refractivity contribution in [1.82, 2.24) is 9.78 Å². The van der Waals surface area contributed by atoms with Gasteiger partial charge in [0.05, 0.1) is 29.3 Å². The molecule has 0 saturated carbocycles. The molecule has 1 aromatic carbocycles. The van der Waals surface area contributed by atoms with Crippen LogP contribution in [0.15, 0.2) is 40.2 Å². The van der Waals surface area contributed by atoms with Gasteiger partial charge in [0.25, 0.3) is 0 Å². The van der Waals surface area contributed by atoms with Crippen molar-refractivity contribution in [3.05, 3.63) is 40.8 Å². The number of nitrogens with zero attached hydrogens (tertiary/aromatic N) is 2. The highest BCUT2D eigenvalue weighted by Crippen LogP contribution is 2.28. The third kappa shape index (κ3) is 5.18. The molecule has 0 radical (unpaired) electrons. The van der Waals surface area contributed by atoms with Crippen LogP contribution in [0.4, 0.5) is 0 Å². The van der Waals surface area contributed by atoms with Gasteiger partial charge in [-0.15, -0.1) is 0 Å². The van der Waals surface area contributed by atoms with Gasteiger partial charge in [0.1, 0.15) is 0 Å². The lowest BCUT2D eigenvalue weighted by atomic mass is 10.1. The second kappa shape index (κ2) is 8.42. The number of sulfonamides is 1. The first kappa shape index (κ1) is 22.1. The van der Waals surface area contributed by atoms with Crippen molar-refractivity contribution >= 4 is 10.0 Å². The monoisotopic (exact) mass is 409 g/mol. The number of nitrogens with two attached hydrogens (primary N) is 1. The van der Waals surface area contributed by atoms with Gasteiger partial charge in [-0.2, -0.15) is 5.10 Å². The Bertz CT molecular complexity index is 976. The summed E-state index contributed by atoms with van der Waals surface area (Å²) in [6, 6.07) is 5.91. The average molecular weight is 410 g/mol. The molecular formula is C19H27N3O5S. The smallest absolute Gasteiger partial charge is 0.310 e. The van der Waals surface area contributed by atoms with Gasteiger partial charge in [-0.05, 0) is 45.4 Å². The van der Waals surface area contributed by atoms with E-state index in [1.165, 1.54) is 16.8 Å². The summed E-state index contributed by atoms with van der Waals surface area (Å²) in [4.78, 5) is 13.0. The number of hydrogen-bond donors (Lipinski definition) is 1. The molecule has 0 bridgehead atoms. The number of rotatable bonds is 7. The topological polar surface area (TPSA) is 114 Å². The Morgan fingerprint density at radius 3 is 2.32 bits per heavy atom. The highest BCUT2D eigenvalue weighted by molar-refractivity contribution is 7.89. The van der Waals surface area contributed by atoms with Crippen molar-refractivity contribution in [3.63, 3.8) is 0 Å². The van der Waals surface area contributed by atoms with E-state index in [4.69, 9.17) is 14.6 Å². The lowest BCUT2D eigenvalue weighted by molar-refractivity contribution is 0.0951. The molecule has 8 nitrogen and oxygen atoms in total. The molecule has 1 heterocycles. The van der Waals surface area contributed by atoms with Gasteiger partial charge in [-0.1, -0.05) is 12.1 Å². The molecule has 1 aromatic heterocycles. The minimum Gasteiger partial charge on any atom is -0.487 e. The fourth-order valence-electron chi connectivity index (χ4n) is 2.53. The van der Waals surface area contributed by atoms with Crippen LogP contribution in [0.5, 0.6) is 5.75 Å². The van der Waals surface area contributed by atoms with Crippen LogP contribution in [-0.4, -0.2) is 38.0 Å². The number of methoxy groups -OCH3 is 1. The van der Waals surface area contributed by atoms with Gasteiger partial charge in [-0.25, -0.2) is 18.2 Å². The van der Waals surface area contributed by atoms with E-state index in [9.17, 15) is 13.2 Å². The summed E-state index contributed by atoms with van der Waals surface area (Å²) in [7, 11) is -2.19. The minimum atomic E-state index is -3.80. The predicted octanol–water partition coefficient (Wildman–Crippen LogP) is 2.12. The molecule has 0 aliphatic rings. The first-order valence-corrected chi connectivity index (χ1v) is 10.4. The van der Waals surface area contributed by atoms with E-state index >= 15 is 0 Å². The first-order valence-electron chi connectivity index (χ1n) is 8.87. The predicted molar refractivity (Wildman–Crippen MR) is 107 cm³/mol. The Hall–Kier alpha value is -2.23. The van der Waals surface area contributed by atoms with E-state index in [0.29, 0.717) is 24.2 Å². The van der Waals surface area contributed by atoms with Crippen LogP contribution in [0.3, 0.4) is 0 Å². The van der Waals surface area contributed by atoms with Gasteiger partial charge >= 0.3 is 5.56 Å². The van der Waals surface area contributed by atoms with Gasteiger partial charge in [0.15, 0.2) is 5.75 Å². The van der Waals surface area contributed by atoms with Crippen molar-refractivity contribution in [2.75, 3.05) is 13.7 Å². The Kier molecular flexibility index (Phi) is 6.63. The van der Waals surface area contributed by atoms with Crippen LogP contribution < -0.4 is 15.4 Å². The summed E-state index contributed by atoms with van der Waals surface area (Å²) >= 11 is 0. The second-order valence-corrected chi connectivity index (χ2v) is 9.09. The first-order chi connectivity index (χ1) is 12.9.